The Hall–Kier alpha value is -1.03. The minimum Gasteiger partial charge on any atom is -0.741 e. The molecule has 9 heteroatoms. The summed E-state index contributed by atoms with van der Waals surface area (Å²) >= 11 is 1.86. The summed E-state index contributed by atoms with van der Waals surface area (Å²) in [5.41, 5.74) is -4.27. The number of thiophene rings is 1. The number of alkyl halides is 3. The monoisotopic (exact) mass is 370 g/mol. The number of hydrogen-bond donors (Lipinski definition) is 0. The van der Waals surface area contributed by atoms with Gasteiger partial charge in [0.05, 0.1) is 10.9 Å². The molecule has 0 aliphatic carbocycles. The van der Waals surface area contributed by atoms with Gasteiger partial charge in [0.1, 0.15) is 6.26 Å². The Morgan fingerprint density at radius 1 is 1.18 bits per heavy atom. The third kappa shape index (κ3) is 5.64. The first-order valence-electron chi connectivity index (χ1n) is 5.80. The maximum absolute atomic E-state index is 10.7. The molecule has 22 heavy (non-hydrogen) atoms. The van der Waals surface area contributed by atoms with Gasteiger partial charge in [-0.25, -0.2) is 8.42 Å². The molecule has 1 unspecified atom stereocenters. The number of hydrogen-bond acceptors (Lipinski definition) is 4. The Labute approximate surface area is 133 Å². The van der Waals surface area contributed by atoms with Gasteiger partial charge in [-0.1, -0.05) is 29.5 Å². The molecule has 3 nitrogen and oxygen atoms in total. The Kier molecular flexibility index (Phi) is 6.48. The van der Waals surface area contributed by atoms with Crippen molar-refractivity contribution in [1.82, 2.24) is 0 Å². The fraction of sp³-hybridized carbons (Fsp3) is 0.231. The summed E-state index contributed by atoms with van der Waals surface area (Å²) in [6, 6.07) is 13.0. The van der Waals surface area contributed by atoms with E-state index in [4.69, 9.17) is 13.0 Å². The summed E-state index contributed by atoms with van der Waals surface area (Å²) in [4.78, 5) is 1.43. The van der Waals surface area contributed by atoms with E-state index in [1.54, 1.807) is 0 Å². The Morgan fingerprint density at radius 3 is 2.05 bits per heavy atom. The van der Waals surface area contributed by atoms with E-state index < -0.39 is 15.6 Å². The molecule has 1 heterocycles. The fourth-order valence-corrected chi connectivity index (χ4v) is 4.10. The predicted molar refractivity (Wildman–Crippen MR) is 81.1 cm³/mol. The van der Waals surface area contributed by atoms with Crippen LogP contribution in [0.4, 0.5) is 13.2 Å². The number of aryl methyl sites for hydroxylation is 1. The third-order valence-corrected chi connectivity index (χ3v) is 6.53. The number of rotatable bonds is 2. The minimum absolute atomic E-state index is 0.243. The van der Waals surface area contributed by atoms with Crippen molar-refractivity contribution in [3.63, 3.8) is 0 Å². The second kappa shape index (κ2) is 7.49. The van der Waals surface area contributed by atoms with E-state index >= 15 is 0 Å². The normalized spacial score (nSPS) is 13.2. The van der Waals surface area contributed by atoms with Gasteiger partial charge in [-0.15, -0.1) is 0 Å². The van der Waals surface area contributed by atoms with Crippen molar-refractivity contribution in [2.45, 2.75) is 21.5 Å². The van der Waals surface area contributed by atoms with E-state index in [2.05, 4.69) is 55.0 Å². The van der Waals surface area contributed by atoms with Gasteiger partial charge in [0.15, 0.2) is 15.0 Å². The average molecular weight is 370 g/mol. The molecule has 0 amide bonds. The molecule has 1 atom stereocenters. The molecule has 1 aromatic heterocycles. The topological polar surface area (TPSA) is 57.2 Å². The van der Waals surface area contributed by atoms with Gasteiger partial charge in [0.25, 0.3) is 0 Å². The van der Waals surface area contributed by atoms with Crippen molar-refractivity contribution in [3.8, 4) is 0 Å². The highest BCUT2D eigenvalue weighted by atomic mass is 32.2. The number of halogens is 3. The first kappa shape index (κ1) is 19.0. The molecule has 1 aromatic carbocycles. The molecular weight excluding hydrogens is 357 g/mol. The lowest BCUT2D eigenvalue weighted by Crippen LogP contribution is -2.21. The predicted octanol–water partition coefficient (Wildman–Crippen LogP) is 3.77. The van der Waals surface area contributed by atoms with Crippen LogP contribution in [-0.2, 0) is 21.0 Å². The van der Waals surface area contributed by atoms with E-state index in [9.17, 15) is 13.2 Å². The largest absolute Gasteiger partial charge is 0.741 e. The zero-order chi connectivity index (χ0) is 17.0. The second-order valence-corrected chi connectivity index (χ2v) is 8.64. The van der Waals surface area contributed by atoms with Crippen LogP contribution in [0.3, 0.4) is 0 Å². The highest BCUT2D eigenvalue weighted by Crippen LogP contribution is 2.26. The zero-order valence-electron chi connectivity index (χ0n) is 11.6. The molecule has 0 aliphatic heterocycles. The summed E-state index contributed by atoms with van der Waals surface area (Å²) in [6.45, 7) is 2.15. The molecule has 0 aliphatic rings. The van der Waals surface area contributed by atoms with Crippen molar-refractivity contribution >= 4 is 32.3 Å². The van der Waals surface area contributed by atoms with Crippen LogP contribution in [0.1, 0.15) is 5.56 Å². The summed E-state index contributed by atoms with van der Waals surface area (Å²) in [7, 11) is -5.85. The molecule has 2 rings (SSSR count). The van der Waals surface area contributed by atoms with Gasteiger partial charge < -0.3 is 4.55 Å². The molecule has 0 fully saturated rings. The molecule has 0 N–H and O–H groups in total. The SMILES string of the molecule is Cc1csc([S+](C)c2ccccc2)c1.O=S(=O)([O-])C(F)(F)F. The van der Waals surface area contributed by atoms with Gasteiger partial charge in [-0.2, -0.15) is 13.2 Å². The van der Waals surface area contributed by atoms with Crippen molar-refractivity contribution in [3.05, 3.63) is 47.3 Å². The molecule has 122 valence electrons. The van der Waals surface area contributed by atoms with Crippen LogP contribution in [-0.4, -0.2) is 24.7 Å². The first-order chi connectivity index (χ1) is 10.0. The standard InChI is InChI=1S/C12H13S2.CHF3O3S/c1-10-8-12(13-9-10)14(2)11-6-4-3-5-7-11;2-1(3,4)8(5,6)7/h3-9H,1-2H3;(H,5,6,7)/q+1;/p-1. The molecule has 2 aromatic rings. The van der Waals surface area contributed by atoms with Crippen LogP contribution >= 0.6 is 11.3 Å². The van der Waals surface area contributed by atoms with Gasteiger partial charge in [0, 0.05) is 6.07 Å². The average Bonchev–Trinajstić information content (AvgIpc) is 2.84. The number of benzene rings is 1. The van der Waals surface area contributed by atoms with Crippen molar-refractivity contribution in [1.29, 1.82) is 0 Å². The van der Waals surface area contributed by atoms with E-state index in [1.165, 1.54) is 14.7 Å². The second-order valence-electron chi connectivity index (χ2n) is 4.17. The highest BCUT2D eigenvalue weighted by Gasteiger charge is 2.36. The molecule has 0 radical (unpaired) electrons. The Bertz CT molecular complexity index is 694. The Morgan fingerprint density at radius 2 is 1.68 bits per heavy atom. The summed E-state index contributed by atoms with van der Waals surface area (Å²) in [6.07, 6.45) is 2.29. The summed E-state index contributed by atoms with van der Waals surface area (Å²) in [5.74, 6) is 0. The van der Waals surface area contributed by atoms with Crippen molar-refractivity contribution in [2.24, 2.45) is 0 Å². The quantitative estimate of drug-likeness (QED) is 0.459. The van der Waals surface area contributed by atoms with Crippen LogP contribution in [0.5, 0.6) is 0 Å². The van der Waals surface area contributed by atoms with Crippen molar-refractivity contribution < 1.29 is 26.1 Å². The van der Waals surface area contributed by atoms with Crippen LogP contribution < -0.4 is 0 Å². The molecule has 0 saturated heterocycles. The molecular formula is C13H13F3O3S3. The zero-order valence-corrected chi connectivity index (χ0v) is 14.1. The fourth-order valence-electron chi connectivity index (χ4n) is 1.31. The molecule has 0 bridgehead atoms. The van der Waals surface area contributed by atoms with Gasteiger partial charge in [-0.3, -0.25) is 0 Å². The van der Waals surface area contributed by atoms with E-state index in [0.29, 0.717) is 0 Å². The van der Waals surface area contributed by atoms with E-state index in [0.717, 1.165) is 0 Å². The lowest BCUT2D eigenvalue weighted by molar-refractivity contribution is -0.0517. The van der Waals surface area contributed by atoms with Crippen LogP contribution in [0.25, 0.3) is 0 Å². The minimum atomic E-state index is -6.09. The van der Waals surface area contributed by atoms with Crippen LogP contribution in [0.15, 0.2) is 50.9 Å². The molecule has 0 spiro atoms. The van der Waals surface area contributed by atoms with Crippen LogP contribution in [0, 0.1) is 6.92 Å². The first-order valence-corrected chi connectivity index (χ1v) is 9.72. The van der Waals surface area contributed by atoms with Gasteiger partial charge >= 0.3 is 5.51 Å². The lowest BCUT2D eigenvalue weighted by atomic mass is 10.4. The van der Waals surface area contributed by atoms with Gasteiger partial charge in [0.2, 0.25) is 4.21 Å². The van der Waals surface area contributed by atoms with Gasteiger partial charge in [-0.05, 0) is 30.0 Å². The van der Waals surface area contributed by atoms with E-state index in [1.807, 2.05) is 11.3 Å². The van der Waals surface area contributed by atoms with E-state index in [-0.39, 0.29) is 10.9 Å². The van der Waals surface area contributed by atoms with Crippen molar-refractivity contribution in [2.75, 3.05) is 6.26 Å². The Balaban J connectivity index is 0.000000261. The summed E-state index contributed by atoms with van der Waals surface area (Å²) in [5, 5.41) is 2.22. The molecule has 0 saturated carbocycles. The third-order valence-electron chi connectivity index (χ3n) is 2.39. The smallest absolute Gasteiger partial charge is 0.485 e. The summed E-state index contributed by atoms with van der Waals surface area (Å²) < 4.78 is 60.4. The maximum Gasteiger partial charge on any atom is 0.485 e. The maximum atomic E-state index is 10.7. The highest BCUT2D eigenvalue weighted by molar-refractivity contribution is 7.98. The lowest BCUT2D eigenvalue weighted by Gasteiger charge is -2.08. The van der Waals surface area contributed by atoms with Crippen LogP contribution in [0.2, 0.25) is 0 Å².